The summed E-state index contributed by atoms with van der Waals surface area (Å²) >= 11 is 0. The highest BCUT2D eigenvalue weighted by atomic mass is 16.2. The van der Waals surface area contributed by atoms with Gasteiger partial charge in [0.15, 0.2) is 0 Å². The molecule has 0 aliphatic heterocycles. The highest BCUT2D eigenvalue weighted by molar-refractivity contribution is 5.90. The molecular formula is C12H15N5O. The van der Waals surface area contributed by atoms with Gasteiger partial charge in [-0.15, -0.1) is 10.2 Å². The van der Waals surface area contributed by atoms with Crippen LogP contribution in [0.25, 0.3) is 0 Å². The molecule has 18 heavy (non-hydrogen) atoms. The maximum Gasteiger partial charge on any atom is 0.293 e. The summed E-state index contributed by atoms with van der Waals surface area (Å²) in [5, 5.41) is 15.7. The Morgan fingerprint density at radius 2 is 2.17 bits per heavy atom. The molecule has 0 radical (unpaired) electrons. The van der Waals surface area contributed by atoms with E-state index in [0.717, 1.165) is 12.8 Å². The first-order chi connectivity index (χ1) is 8.75. The predicted molar refractivity (Wildman–Crippen MR) is 65.9 cm³/mol. The van der Waals surface area contributed by atoms with Crippen molar-refractivity contribution in [3.8, 4) is 0 Å². The summed E-state index contributed by atoms with van der Waals surface area (Å²) in [6.07, 6.45) is 1.79. The van der Waals surface area contributed by atoms with Crippen LogP contribution in [0.1, 0.15) is 29.5 Å². The van der Waals surface area contributed by atoms with Crippen LogP contribution in [0.15, 0.2) is 30.3 Å². The van der Waals surface area contributed by atoms with Crippen molar-refractivity contribution < 1.29 is 4.79 Å². The smallest absolute Gasteiger partial charge is 0.293 e. The van der Waals surface area contributed by atoms with Gasteiger partial charge in [-0.25, -0.2) is 0 Å². The van der Waals surface area contributed by atoms with E-state index in [1.54, 1.807) is 0 Å². The molecule has 0 fully saturated rings. The Morgan fingerprint density at radius 3 is 2.83 bits per heavy atom. The Morgan fingerprint density at radius 1 is 1.39 bits per heavy atom. The van der Waals surface area contributed by atoms with Gasteiger partial charge in [-0.05, 0) is 30.5 Å². The van der Waals surface area contributed by atoms with E-state index in [0.29, 0.717) is 0 Å². The van der Waals surface area contributed by atoms with Gasteiger partial charge < -0.3 is 5.32 Å². The van der Waals surface area contributed by atoms with Gasteiger partial charge >= 0.3 is 0 Å². The maximum atomic E-state index is 11.6. The van der Waals surface area contributed by atoms with Crippen molar-refractivity contribution >= 4 is 5.91 Å². The van der Waals surface area contributed by atoms with Crippen LogP contribution in [0, 0.1) is 0 Å². The van der Waals surface area contributed by atoms with Crippen LogP contribution in [0.2, 0.25) is 0 Å². The molecule has 94 valence electrons. The van der Waals surface area contributed by atoms with Crippen molar-refractivity contribution in [1.82, 2.24) is 25.9 Å². The Kier molecular flexibility index (Phi) is 4.01. The number of carbonyl (C=O) groups is 1. The first-order valence-electron chi connectivity index (χ1n) is 5.84. The van der Waals surface area contributed by atoms with Gasteiger partial charge in [0.1, 0.15) is 0 Å². The summed E-state index contributed by atoms with van der Waals surface area (Å²) in [7, 11) is 0. The summed E-state index contributed by atoms with van der Waals surface area (Å²) in [5.74, 6) is -0.231. The molecule has 2 N–H and O–H groups in total. The summed E-state index contributed by atoms with van der Waals surface area (Å²) in [4.78, 5) is 11.6. The van der Waals surface area contributed by atoms with E-state index in [1.165, 1.54) is 5.56 Å². The molecule has 0 bridgehead atoms. The van der Waals surface area contributed by atoms with Crippen LogP contribution >= 0.6 is 0 Å². The average molecular weight is 245 g/mol. The number of nitrogens with one attached hydrogen (secondary N) is 2. The number of aromatic nitrogens is 4. The number of H-pyrrole nitrogens is 1. The van der Waals surface area contributed by atoms with Crippen LogP contribution in [0.3, 0.4) is 0 Å². The Hall–Kier alpha value is -2.24. The van der Waals surface area contributed by atoms with Crippen molar-refractivity contribution in [2.75, 3.05) is 0 Å². The molecule has 6 nitrogen and oxygen atoms in total. The lowest BCUT2D eigenvalue weighted by atomic mass is 10.1. The number of amides is 1. The van der Waals surface area contributed by atoms with Gasteiger partial charge in [0.25, 0.3) is 11.7 Å². The second-order valence-electron chi connectivity index (χ2n) is 4.13. The second kappa shape index (κ2) is 5.90. The minimum atomic E-state index is -0.302. The van der Waals surface area contributed by atoms with Crippen molar-refractivity contribution in [3.05, 3.63) is 41.7 Å². The Labute approximate surface area is 105 Å². The normalized spacial score (nSPS) is 12.1. The molecule has 1 amide bonds. The van der Waals surface area contributed by atoms with Crippen LogP contribution in [-0.2, 0) is 6.42 Å². The third kappa shape index (κ3) is 3.38. The molecule has 1 unspecified atom stereocenters. The lowest BCUT2D eigenvalue weighted by molar-refractivity contribution is 0.0928. The highest BCUT2D eigenvalue weighted by Crippen LogP contribution is 2.04. The molecule has 2 aromatic rings. The number of carbonyl (C=O) groups excluding carboxylic acids is 1. The van der Waals surface area contributed by atoms with Crippen LogP contribution in [-0.4, -0.2) is 32.6 Å². The zero-order chi connectivity index (χ0) is 12.8. The SMILES string of the molecule is CC(CCc1ccccc1)NC(=O)c1nn[nH]n1. The van der Waals surface area contributed by atoms with Crippen molar-refractivity contribution in [2.45, 2.75) is 25.8 Å². The summed E-state index contributed by atoms with van der Waals surface area (Å²) in [6, 6.07) is 10.2. The third-order valence-electron chi connectivity index (χ3n) is 2.63. The van der Waals surface area contributed by atoms with Crippen LogP contribution < -0.4 is 5.32 Å². The molecule has 0 aliphatic carbocycles. The van der Waals surface area contributed by atoms with Crippen LogP contribution in [0.5, 0.6) is 0 Å². The first-order valence-corrected chi connectivity index (χ1v) is 5.84. The van der Waals surface area contributed by atoms with E-state index in [2.05, 4.69) is 38.1 Å². The summed E-state index contributed by atoms with van der Waals surface area (Å²) in [5.41, 5.74) is 1.26. The quantitative estimate of drug-likeness (QED) is 0.821. The molecule has 0 saturated heterocycles. The molecular weight excluding hydrogens is 230 g/mol. The molecule has 1 atom stereocenters. The number of nitrogens with zero attached hydrogens (tertiary/aromatic N) is 3. The standard InChI is InChI=1S/C12H15N5O/c1-9(7-8-10-5-3-2-4-6-10)13-12(18)11-14-16-17-15-11/h2-6,9H,7-8H2,1H3,(H,13,18)(H,14,15,16,17). The number of aromatic amines is 1. The molecule has 1 heterocycles. The zero-order valence-electron chi connectivity index (χ0n) is 10.1. The van der Waals surface area contributed by atoms with E-state index in [9.17, 15) is 4.79 Å². The molecule has 1 aromatic carbocycles. The summed E-state index contributed by atoms with van der Waals surface area (Å²) < 4.78 is 0. The monoisotopic (exact) mass is 245 g/mol. The molecule has 1 aromatic heterocycles. The molecule has 0 saturated carbocycles. The van der Waals surface area contributed by atoms with Gasteiger partial charge in [-0.3, -0.25) is 4.79 Å². The van der Waals surface area contributed by atoms with E-state index in [4.69, 9.17) is 0 Å². The number of hydrogen-bond donors (Lipinski definition) is 2. The highest BCUT2D eigenvalue weighted by Gasteiger charge is 2.13. The van der Waals surface area contributed by atoms with Crippen LogP contribution in [0.4, 0.5) is 0 Å². The predicted octanol–water partition coefficient (Wildman–Crippen LogP) is 0.951. The number of tetrazole rings is 1. The Balaban J connectivity index is 1.79. The minimum absolute atomic E-state index is 0.0659. The number of aryl methyl sites for hydroxylation is 1. The Bertz CT molecular complexity index is 482. The van der Waals surface area contributed by atoms with E-state index >= 15 is 0 Å². The van der Waals surface area contributed by atoms with E-state index in [-0.39, 0.29) is 17.8 Å². The molecule has 0 spiro atoms. The number of hydrogen-bond acceptors (Lipinski definition) is 4. The number of benzene rings is 1. The molecule has 6 heteroatoms. The van der Waals surface area contributed by atoms with Gasteiger partial charge in [0, 0.05) is 6.04 Å². The maximum absolute atomic E-state index is 11.6. The molecule has 0 aliphatic rings. The topological polar surface area (TPSA) is 83.6 Å². The summed E-state index contributed by atoms with van der Waals surface area (Å²) in [6.45, 7) is 1.96. The van der Waals surface area contributed by atoms with Crippen molar-refractivity contribution in [3.63, 3.8) is 0 Å². The van der Waals surface area contributed by atoms with Gasteiger partial charge in [0.2, 0.25) is 0 Å². The second-order valence-corrected chi connectivity index (χ2v) is 4.13. The lowest BCUT2D eigenvalue weighted by Crippen LogP contribution is -2.33. The fourth-order valence-corrected chi connectivity index (χ4v) is 1.65. The van der Waals surface area contributed by atoms with Gasteiger partial charge in [0.05, 0.1) is 0 Å². The fourth-order valence-electron chi connectivity index (χ4n) is 1.65. The lowest BCUT2D eigenvalue weighted by Gasteiger charge is -2.12. The first kappa shape index (κ1) is 12.2. The largest absolute Gasteiger partial charge is 0.347 e. The minimum Gasteiger partial charge on any atom is -0.347 e. The van der Waals surface area contributed by atoms with E-state index < -0.39 is 0 Å². The van der Waals surface area contributed by atoms with Gasteiger partial charge in [-0.2, -0.15) is 5.21 Å². The fraction of sp³-hybridized carbons (Fsp3) is 0.333. The molecule has 2 rings (SSSR count). The average Bonchev–Trinajstić information content (AvgIpc) is 2.91. The zero-order valence-corrected chi connectivity index (χ0v) is 10.1. The van der Waals surface area contributed by atoms with Crippen molar-refractivity contribution in [2.24, 2.45) is 0 Å². The van der Waals surface area contributed by atoms with Crippen molar-refractivity contribution in [1.29, 1.82) is 0 Å². The van der Waals surface area contributed by atoms with E-state index in [1.807, 2.05) is 25.1 Å². The van der Waals surface area contributed by atoms with Gasteiger partial charge in [-0.1, -0.05) is 30.3 Å². The third-order valence-corrected chi connectivity index (χ3v) is 2.63. The number of rotatable bonds is 5.